The maximum absolute atomic E-state index is 12.4. The van der Waals surface area contributed by atoms with Crippen LogP contribution in [-0.2, 0) is 16.0 Å². The van der Waals surface area contributed by atoms with E-state index in [1.807, 2.05) is 12.1 Å². The summed E-state index contributed by atoms with van der Waals surface area (Å²) >= 11 is 12.4. The zero-order chi connectivity index (χ0) is 16.6. The molecule has 0 saturated carbocycles. The van der Waals surface area contributed by atoms with E-state index in [4.69, 9.17) is 27.9 Å². The number of hydrogen-bond donors (Lipinski definition) is 2. The second kappa shape index (κ2) is 6.40. The van der Waals surface area contributed by atoms with Gasteiger partial charge in [-0.1, -0.05) is 29.3 Å². The molecule has 0 bridgehead atoms. The van der Waals surface area contributed by atoms with Crippen LogP contribution in [0.2, 0.25) is 10.0 Å². The molecule has 23 heavy (non-hydrogen) atoms. The molecule has 3 rings (SSSR count). The Kier molecular flexibility index (Phi) is 4.48. The molecule has 1 aromatic heterocycles. The molecule has 1 heterocycles. The number of hydrogen-bond acceptors (Lipinski definition) is 3. The molecule has 0 fully saturated rings. The van der Waals surface area contributed by atoms with Crippen molar-refractivity contribution in [2.45, 2.75) is 19.4 Å². The predicted octanol–water partition coefficient (Wildman–Crippen LogP) is 3.93. The number of allylic oxidation sites excluding steroid dienone is 1. The van der Waals surface area contributed by atoms with Gasteiger partial charge in [0.25, 0.3) is 0 Å². The molecule has 2 N–H and O–H groups in total. The van der Waals surface area contributed by atoms with Crippen LogP contribution in [0.15, 0.2) is 36.0 Å². The number of rotatable bonds is 3. The number of fused-ring (bicyclic) bond motifs is 1. The first-order valence-corrected chi connectivity index (χ1v) is 7.99. The second-order valence-electron chi connectivity index (χ2n) is 5.20. The van der Waals surface area contributed by atoms with Crippen molar-refractivity contribution in [3.05, 3.63) is 62.9 Å². The van der Waals surface area contributed by atoms with Gasteiger partial charge in [-0.3, -0.25) is 0 Å². The fourth-order valence-electron chi connectivity index (χ4n) is 2.84. The molecular weight excluding hydrogens is 337 g/mol. The van der Waals surface area contributed by atoms with Crippen LogP contribution in [0.3, 0.4) is 0 Å². The number of esters is 1. The van der Waals surface area contributed by atoms with Gasteiger partial charge in [-0.05, 0) is 41.8 Å². The van der Waals surface area contributed by atoms with Gasteiger partial charge in [-0.15, -0.1) is 0 Å². The molecule has 6 heteroatoms. The molecule has 0 spiro atoms. The minimum atomic E-state index is -1.11. The van der Waals surface area contributed by atoms with Gasteiger partial charge in [-0.25, -0.2) is 4.79 Å². The molecular formula is C17H15Cl2NO3. The summed E-state index contributed by atoms with van der Waals surface area (Å²) in [7, 11) is 0. The van der Waals surface area contributed by atoms with E-state index in [1.165, 1.54) is 0 Å². The van der Waals surface area contributed by atoms with Crippen LogP contribution in [0.4, 0.5) is 0 Å². The molecule has 120 valence electrons. The zero-order valence-corrected chi connectivity index (χ0v) is 13.9. The summed E-state index contributed by atoms with van der Waals surface area (Å²) in [6.07, 6.45) is 1.04. The fraction of sp³-hybridized carbons (Fsp3) is 0.235. The Hall–Kier alpha value is -1.75. The van der Waals surface area contributed by atoms with E-state index in [-0.39, 0.29) is 12.2 Å². The number of aromatic nitrogens is 1. The van der Waals surface area contributed by atoms with Crippen molar-refractivity contribution in [1.29, 1.82) is 0 Å². The second-order valence-corrected chi connectivity index (χ2v) is 5.99. The van der Waals surface area contributed by atoms with Gasteiger partial charge < -0.3 is 14.8 Å². The largest absolute Gasteiger partial charge is 0.463 e. The number of aliphatic hydroxyl groups excluding tert-OH is 1. The van der Waals surface area contributed by atoms with E-state index in [2.05, 4.69) is 4.98 Å². The molecule has 1 aliphatic carbocycles. The maximum Gasteiger partial charge on any atom is 0.337 e. The lowest BCUT2D eigenvalue weighted by Crippen LogP contribution is -2.22. The van der Waals surface area contributed by atoms with Gasteiger partial charge >= 0.3 is 5.97 Å². The van der Waals surface area contributed by atoms with Gasteiger partial charge in [-0.2, -0.15) is 0 Å². The van der Waals surface area contributed by atoms with Crippen LogP contribution in [-0.4, -0.2) is 22.7 Å². The average molecular weight is 352 g/mol. The van der Waals surface area contributed by atoms with Crippen LogP contribution in [0.1, 0.15) is 29.8 Å². The van der Waals surface area contributed by atoms with Gasteiger partial charge in [0, 0.05) is 18.3 Å². The third-order valence-corrected chi connectivity index (χ3v) is 4.74. The first-order chi connectivity index (χ1) is 11.0. The lowest BCUT2D eigenvalue weighted by molar-refractivity contribution is -0.139. The topological polar surface area (TPSA) is 62.3 Å². The quantitative estimate of drug-likeness (QED) is 0.823. The molecule has 0 saturated heterocycles. The highest BCUT2D eigenvalue weighted by atomic mass is 35.5. The highest BCUT2D eigenvalue weighted by molar-refractivity contribution is 6.42. The van der Waals surface area contributed by atoms with Gasteiger partial charge in [0.2, 0.25) is 0 Å². The monoisotopic (exact) mass is 351 g/mol. The van der Waals surface area contributed by atoms with Gasteiger partial charge in [0.05, 0.1) is 22.2 Å². The minimum Gasteiger partial charge on any atom is -0.463 e. The standard InChI is InChI=1S/C17H15Cl2NO3/c1-2-23-17(22)14-11(13-4-3-7-20-13)8-10-9(16(14)21)5-6-12(18)15(10)19/h3-7,16,20-21H,2,8H2,1H3. The van der Waals surface area contributed by atoms with Crippen LogP contribution in [0, 0.1) is 0 Å². The fourth-order valence-corrected chi connectivity index (χ4v) is 3.25. The van der Waals surface area contributed by atoms with Crippen molar-refractivity contribution < 1.29 is 14.6 Å². The van der Waals surface area contributed by atoms with Gasteiger partial charge in [0.15, 0.2) is 0 Å². The third-order valence-electron chi connectivity index (χ3n) is 3.90. The van der Waals surface area contributed by atoms with Crippen LogP contribution in [0.25, 0.3) is 5.57 Å². The maximum atomic E-state index is 12.4. The average Bonchev–Trinajstić information content (AvgIpc) is 3.05. The molecule has 1 aliphatic rings. The van der Waals surface area contributed by atoms with Crippen molar-refractivity contribution in [1.82, 2.24) is 4.98 Å². The molecule has 2 aromatic rings. The minimum absolute atomic E-state index is 0.236. The molecule has 4 nitrogen and oxygen atoms in total. The van der Waals surface area contributed by atoms with E-state index in [0.717, 1.165) is 11.3 Å². The number of H-pyrrole nitrogens is 1. The van der Waals surface area contributed by atoms with E-state index >= 15 is 0 Å². The number of aromatic amines is 1. The lowest BCUT2D eigenvalue weighted by atomic mass is 9.82. The first kappa shape index (κ1) is 16.1. The number of ether oxygens (including phenoxy) is 1. The van der Waals surface area contributed by atoms with Crippen molar-refractivity contribution in [2.24, 2.45) is 0 Å². The third kappa shape index (κ3) is 2.78. The smallest absolute Gasteiger partial charge is 0.337 e. The highest BCUT2D eigenvalue weighted by Crippen LogP contribution is 2.43. The molecule has 1 aromatic carbocycles. The van der Waals surface area contributed by atoms with E-state index < -0.39 is 12.1 Å². The first-order valence-electron chi connectivity index (χ1n) is 7.23. The van der Waals surface area contributed by atoms with Crippen molar-refractivity contribution in [3.8, 4) is 0 Å². The summed E-state index contributed by atoms with van der Waals surface area (Å²) in [4.78, 5) is 15.4. The van der Waals surface area contributed by atoms with Crippen LogP contribution in [0.5, 0.6) is 0 Å². The van der Waals surface area contributed by atoms with Crippen molar-refractivity contribution in [3.63, 3.8) is 0 Å². The number of nitrogens with one attached hydrogen (secondary N) is 1. The summed E-state index contributed by atoms with van der Waals surface area (Å²) < 4.78 is 5.12. The summed E-state index contributed by atoms with van der Waals surface area (Å²) in [6, 6.07) is 6.98. The predicted molar refractivity (Wildman–Crippen MR) is 89.5 cm³/mol. The Labute approximate surface area is 143 Å². The van der Waals surface area contributed by atoms with E-state index in [1.54, 1.807) is 25.3 Å². The Morgan fingerprint density at radius 1 is 1.39 bits per heavy atom. The molecule has 0 radical (unpaired) electrons. The Morgan fingerprint density at radius 2 is 2.17 bits per heavy atom. The Balaban J connectivity index is 2.19. The Bertz CT molecular complexity index is 781. The van der Waals surface area contributed by atoms with Gasteiger partial charge in [0.1, 0.15) is 6.10 Å². The molecule has 0 amide bonds. The summed E-state index contributed by atoms with van der Waals surface area (Å²) in [5.41, 5.74) is 2.95. The molecule has 0 aliphatic heterocycles. The molecule has 1 unspecified atom stereocenters. The SMILES string of the molecule is CCOC(=O)C1=C(c2ccc[nH]2)Cc2c(ccc(Cl)c2Cl)C1O. The number of carbonyl (C=O) groups excluding carboxylic acids is 1. The number of halogens is 2. The van der Waals surface area contributed by atoms with Crippen molar-refractivity contribution >= 4 is 34.7 Å². The normalized spacial score (nSPS) is 17.1. The number of aliphatic hydroxyl groups is 1. The summed E-state index contributed by atoms with van der Waals surface area (Å²) in [5.74, 6) is -0.527. The van der Waals surface area contributed by atoms with E-state index in [0.29, 0.717) is 27.6 Å². The number of benzene rings is 1. The highest BCUT2D eigenvalue weighted by Gasteiger charge is 2.34. The molecule has 1 atom stereocenters. The van der Waals surface area contributed by atoms with Crippen molar-refractivity contribution in [2.75, 3.05) is 6.61 Å². The number of carbonyl (C=O) groups is 1. The van der Waals surface area contributed by atoms with E-state index in [9.17, 15) is 9.90 Å². The lowest BCUT2D eigenvalue weighted by Gasteiger charge is -2.27. The zero-order valence-electron chi connectivity index (χ0n) is 12.4. The summed E-state index contributed by atoms with van der Waals surface area (Å²) in [5, 5.41) is 11.5. The van der Waals surface area contributed by atoms with Crippen LogP contribution >= 0.6 is 23.2 Å². The van der Waals surface area contributed by atoms with Crippen LogP contribution < -0.4 is 0 Å². The Morgan fingerprint density at radius 3 is 2.83 bits per heavy atom. The summed E-state index contributed by atoms with van der Waals surface area (Å²) in [6.45, 7) is 1.97.